The van der Waals surface area contributed by atoms with E-state index in [0.29, 0.717) is 12.2 Å². The van der Waals surface area contributed by atoms with Crippen molar-refractivity contribution in [3.8, 4) is 5.75 Å². The van der Waals surface area contributed by atoms with Crippen molar-refractivity contribution in [2.75, 3.05) is 11.9 Å². The summed E-state index contributed by atoms with van der Waals surface area (Å²) in [5.41, 5.74) is 2.48. The number of anilines is 1. The van der Waals surface area contributed by atoms with Gasteiger partial charge in [0.1, 0.15) is 5.75 Å². The normalized spacial score (nSPS) is 10.2. The van der Waals surface area contributed by atoms with Gasteiger partial charge in [0, 0.05) is 15.7 Å². The van der Waals surface area contributed by atoms with E-state index in [9.17, 15) is 4.79 Å². The van der Waals surface area contributed by atoms with Crippen LogP contribution in [-0.2, 0) is 0 Å². The summed E-state index contributed by atoms with van der Waals surface area (Å²) in [6.07, 6.45) is 0.973. The summed E-state index contributed by atoms with van der Waals surface area (Å²) in [6, 6.07) is 12.9. The molecule has 0 fully saturated rings. The summed E-state index contributed by atoms with van der Waals surface area (Å²) >= 11 is 3.44. The van der Waals surface area contributed by atoms with Crippen molar-refractivity contribution in [3.05, 3.63) is 58.1 Å². The molecule has 0 heterocycles. The monoisotopic (exact) mass is 347 g/mol. The molecule has 2 rings (SSSR count). The van der Waals surface area contributed by atoms with Gasteiger partial charge in [-0.3, -0.25) is 4.79 Å². The molecule has 2 aromatic rings. The predicted molar refractivity (Wildman–Crippen MR) is 89.1 cm³/mol. The average Bonchev–Trinajstić information content (AvgIpc) is 2.49. The van der Waals surface area contributed by atoms with Gasteiger partial charge in [-0.15, -0.1) is 0 Å². The highest BCUT2D eigenvalue weighted by Gasteiger charge is 2.07. The van der Waals surface area contributed by atoms with Crippen molar-refractivity contribution < 1.29 is 9.53 Å². The van der Waals surface area contributed by atoms with Crippen LogP contribution in [0.3, 0.4) is 0 Å². The lowest BCUT2D eigenvalue weighted by molar-refractivity contribution is 0.102. The molecule has 0 radical (unpaired) electrons. The first-order valence-corrected chi connectivity index (χ1v) is 7.70. The number of rotatable bonds is 5. The SMILES string of the molecule is CCCOc1ccc(NC(=O)c2ccc(C)c(Br)c2)cc1. The number of ether oxygens (including phenoxy) is 1. The second kappa shape index (κ2) is 7.27. The Balaban J connectivity index is 2.03. The lowest BCUT2D eigenvalue weighted by Gasteiger charge is -2.08. The van der Waals surface area contributed by atoms with Gasteiger partial charge in [0.2, 0.25) is 0 Å². The number of hydrogen-bond acceptors (Lipinski definition) is 2. The van der Waals surface area contributed by atoms with E-state index in [1.54, 1.807) is 0 Å². The van der Waals surface area contributed by atoms with Gasteiger partial charge in [0.25, 0.3) is 5.91 Å². The minimum atomic E-state index is -0.127. The summed E-state index contributed by atoms with van der Waals surface area (Å²) in [5.74, 6) is 0.686. The smallest absolute Gasteiger partial charge is 0.255 e. The summed E-state index contributed by atoms with van der Waals surface area (Å²) in [6.45, 7) is 4.75. The van der Waals surface area contributed by atoms with Crippen molar-refractivity contribution in [2.45, 2.75) is 20.3 Å². The fourth-order valence-electron chi connectivity index (χ4n) is 1.79. The molecular weight excluding hydrogens is 330 g/mol. The van der Waals surface area contributed by atoms with Gasteiger partial charge < -0.3 is 10.1 Å². The maximum Gasteiger partial charge on any atom is 0.255 e. The van der Waals surface area contributed by atoms with E-state index in [-0.39, 0.29) is 5.91 Å². The summed E-state index contributed by atoms with van der Waals surface area (Å²) in [5, 5.41) is 2.87. The van der Waals surface area contributed by atoms with E-state index < -0.39 is 0 Å². The van der Waals surface area contributed by atoms with E-state index in [0.717, 1.165) is 27.9 Å². The van der Waals surface area contributed by atoms with E-state index in [1.165, 1.54) is 0 Å². The first kappa shape index (κ1) is 15.6. The highest BCUT2D eigenvalue weighted by Crippen LogP contribution is 2.20. The van der Waals surface area contributed by atoms with Gasteiger partial charge in [0.15, 0.2) is 0 Å². The molecule has 1 N–H and O–H groups in total. The van der Waals surface area contributed by atoms with Gasteiger partial charge >= 0.3 is 0 Å². The molecule has 4 heteroatoms. The number of carbonyl (C=O) groups is 1. The van der Waals surface area contributed by atoms with Crippen LogP contribution in [0.4, 0.5) is 5.69 Å². The van der Waals surface area contributed by atoms with Gasteiger partial charge in [-0.25, -0.2) is 0 Å². The molecule has 0 spiro atoms. The molecule has 0 aliphatic rings. The molecule has 3 nitrogen and oxygen atoms in total. The van der Waals surface area contributed by atoms with Crippen LogP contribution in [-0.4, -0.2) is 12.5 Å². The number of hydrogen-bond donors (Lipinski definition) is 1. The first-order valence-electron chi connectivity index (χ1n) is 6.90. The Morgan fingerprint density at radius 2 is 1.90 bits per heavy atom. The van der Waals surface area contributed by atoms with Crippen LogP contribution in [0.15, 0.2) is 46.9 Å². The van der Waals surface area contributed by atoms with Crippen LogP contribution >= 0.6 is 15.9 Å². The van der Waals surface area contributed by atoms with Crippen molar-refractivity contribution in [1.29, 1.82) is 0 Å². The quantitative estimate of drug-likeness (QED) is 0.843. The zero-order valence-corrected chi connectivity index (χ0v) is 13.7. The third kappa shape index (κ3) is 4.33. The second-order valence-corrected chi connectivity index (χ2v) is 5.65. The molecule has 2 aromatic carbocycles. The zero-order chi connectivity index (χ0) is 15.2. The fourth-order valence-corrected chi connectivity index (χ4v) is 2.17. The van der Waals surface area contributed by atoms with Crippen LogP contribution < -0.4 is 10.1 Å². The number of nitrogens with one attached hydrogen (secondary N) is 1. The molecule has 1 amide bonds. The highest BCUT2D eigenvalue weighted by molar-refractivity contribution is 9.10. The molecule has 0 saturated heterocycles. The third-order valence-corrected chi connectivity index (χ3v) is 3.87. The number of benzene rings is 2. The van der Waals surface area contributed by atoms with E-state index in [4.69, 9.17) is 4.74 Å². The number of amides is 1. The van der Waals surface area contributed by atoms with Crippen molar-refractivity contribution in [2.24, 2.45) is 0 Å². The molecule has 0 aliphatic heterocycles. The second-order valence-electron chi connectivity index (χ2n) is 4.79. The predicted octanol–water partition coefficient (Wildman–Crippen LogP) is 4.80. The Morgan fingerprint density at radius 1 is 1.19 bits per heavy atom. The van der Waals surface area contributed by atoms with Crippen molar-refractivity contribution in [1.82, 2.24) is 0 Å². The molecular formula is C17H18BrNO2. The lowest BCUT2D eigenvalue weighted by atomic mass is 10.1. The molecule has 110 valence electrons. The van der Waals surface area contributed by atoms with Crippen LogP contribution in [0.1, 0.15) is 29.3 Å². The van der Waals surface area contributed by atoms with Crippen LogP contribution in [0.25, 0.3) is 0 Å². The maximum absolute atomic E-state index is 12.2. The molecule has 0 bridgehead atoms. The summed E-state index contributed by atoms with van der Waals surface area (Å²) in [4.78, 5) is 12.2. The minimum absolute atomic E-state index is 0.127. The van der Waals surface area contributed by atoms with Crippen LogP contribution in [0.5, 0.6) is 5.75 Å². The topological polar surface area (TPSA) is 38.3 Å². The average molecular weight is 348 g/mol. The minimum Gasteiger partial charge on any atom is -0.494 e. The summed E-state index contributed by atoms with van der Waals surface area (Å²) < 4.78 is 6.44. The van der Waals surface area contributed by atoms with E-state index in [2.05, 4.69) is 28.2 Å². The Kier molecular flexibility index (Phi) is 5.39. The van der Waals surface area contributed by atoms with Crippen LogP contribution in [0.2, 0.25) is 0 Å². The maximum atomic E-state index is 12.2. The molecule has 0 atom stereocenters. The number of halogens is 1. The van der Waals surface area contributed by atoms with E-state index in [1.807, 2.05) is 49.4 Å². The first-order chi connectivity index (χ1) is 10.1. The van der Waals surface area contributed by atoms with Gasteiger partial charge in [-0.05, 0) is 55.3 Å². The zero-order valence-electron chi connectivity index (χ0n) is 12.2. The third-order valence-electron chi connectivity index (χ3n) is 3.02. The Morgan fingerprint density at radius 3 is 2.52 bits per heavy atom. The molecule has 0 aromatic heterocycles. The number of carbonyl (C=O) groups excluding carboxylic acids is 1. The lowest BCUT2D eigenvalue weighted by Crippen LogP contribution is -2.11. The highest BCUT2D eigenvalue weighted by atomic mass is 79.9. The Bertz CT molecular complexity index is 623. The van der Waals surface area contributed by atoms with Crippen molar-refractivity contribution >= 4 is 27.5 Å². The van der Waals surface area contributed by atoms with E-state index >= 15 is 0 Å². The Hall–Kier alpha value is -1.81. The Labute approximate surface area is 133 Å². The van der Waals surface area contributed by atoms with Gasteiger partial charge in [-0.1, -0.05) is 28.9 Å². The molecule has 21 heavy (non-hydrogen) atoms. The molecule has 0 aliphatic carbocycles. The fraction of sp³-hybridized carbons (Fsp3) is 0.235. The molecule has 0 unspecified atom stereocenters. The standard InChI is InChI=1S/C17H18BrNO2/c1-3-10-21-15-8-6-14(7-9-15)19-17(20)13-5-4-12(2)16(18)11-13/h4-9,11H,3,10H2,1-2H3,(H,19,20). The van der Waals surface area contributed by atoms with Crippen molar-refractivity contribution in [3.63, 3.8) is 0 Å². The van der Waals surface area contributed by atoms with Crippen LogP contribution in [0, 0.1) is 6.92 Å². The van der Waals surface area contributed by atoms with Gasteiger partial charge in [0.05, 0.1) is 6.61 Å². The summed E-state index contributed by atoms with van der Waals surface area (Å²) in [7, 11) is 0. The van der Waals surface area contributed by atoms with Gasteiger partial charge in [-0.2, -0.15) is 0 Å². The molecule has 0 saturated carbocycles. The largest absolute Gasteiger partial charge is 0.494 e. The number of aryl methyl sites for hydroxylation is 1.